The van der Waals surface area contributed by atoms with E-state index in [9.17, 15) is 18.3 Å². The third-order valence-corrected chi connectivity index (χ3v) is 3.81. The Hall–Kier alpha value is -2.09. The molecule has 2 aromatic heterocycles. The Labute approximate surface area is 189 Å². The number of rotatable bonds is 8. The zero-order valence-electron chi connectivity index (χ0n) is 16.9. The molecule has 0 aliphatic rings. The summed E-state index contributed by atoms with van der Waals surface area (Å²) in [5, 5.41) is 19.3. The maximum Gasteiger partial charge on any atom is 0.433 e. The van der Waals surface area contributed by atoms with E-state index < -0.39 is 17.5 Å². The molecular weight excluding hydrogens is 516 g/mol. The Morgan fingerprint density at radius 2 is 1.93 bits per heavy atom. The zero-order chi connectivity index (χ0) is 21.5. The van der Waals surface area contributed by atoms with Gasteiger partial charge in [0.25, 0.3) is 0 Å². The Kier molecular flexibility index (Phi) is 9.81. The molecule has 0 saturated carbocycles. The number of aromatic nitrogens is 2. The molecule has 12 heteroatoms. The first-order valence-corrected chi connectivity index (χ1v) is 9.07. The van der Waals surface area contributed by atoms with E-state index in [4.69, 9.17) is 4.42 Å². The normalized spacial score (nSPS) is 13.9. The van der Waals surface area contributed by atoms with E-state index in [0.717, 1.165) is 12.3 Å². The Bertz CT molecular complexity index is 826. The number of hydrogen-bond acceptors (Lipinski definition) is 6. The molecule has 0 aliphatic carbocycles. The van der Waals surface area contributed by atoms with E-state index in [1.807, 2.05) is 6.92 Å². The average Bonchev–Trinajstić information content (AvgIpc) is 3.10. The highest BCUT2D eigenvalue weighted by atomic mass is 127. The molecule has 0 bridgehead atoms. The van der Waals surface area contributed by atoms with Gasteiger partial charge in [0.1, 0.15) is 22.8 Å². The van der Waals surface area contributed by atoms with Crippen molar-refractivity contribution in [2.75, 3.05) is 31.5 Å². The molecule has 2 aromatic rings. The van der Waals surface area contributed by atoms with Crippen LogP contribution in [0, 0.1) is 6.92 Å². The van der Waals surface area contributed by atoms with Gasteiger partial charge in [-0.1, -0.05) is 0 Å². The number of nitrogens with zero attached hydrogens (tertiary/aromatic N) is 3. The minimum atomic E-state index is -4.52. The van der Waals surface area contributed by atoms with Crippen molar-refractivity contribution in [3.8, 4) is 0 Å². The van der Waals surface area contributed by atoms with Crippen LogP contribution in [0.25, 0.3) is 0 Å². The third kappa shape index (κ3) is 7.97. The average molecular weight is 542 g/mol. The second-order valence-corrected chi connectivity index (χ2v) is 6.50. The summed E-state index contributed by atoms with van der Waals surface area (Å²) in [5.74, 6) is 1.44. The summed E-state index contributed by atoms with van der Waals surface area (Å²) in [4.78, 5) is 11.5. The number of guanidine groups is 1. The summed E-state index contributed by atoms with van der Waals surface area (Å²) >= 11 is 0. The predicted molar refractivity (Wildman–Crippen MR) is 118 cm³/mol. The summed E-state index contributed by atoms with van der Waals surface area (Å²) in [7, 11) is 0. The van der Waals surface area contributed by atoms with Gasteiger partial charge in [-0.15, -0.1) is 24.0 Å². The fourth-order valence-electron chi connectivity index (χ4n) is 2.33. The minimum Gasteiger partial charge on any atom is -0.463 e. The highest BCUT2D eigenvalue weighted by Gasteiger charge is 2.32. The number of anilines is 1. The van der Waals surface area contributed by atoms with Crippen molar-refractivity contribution in [2.24, 2.45) is 4.99 Å². The molecule has 1 unspecified atom stereocenters. The standard InChI is InChI=1S/C18H25F3N6O2.HI/c1-4-22-15(26-11-17(3,28)14-6-5-12(2)29-14)24-9-10-25-16-23-8-7-13(27-16)18(19,20)21;/h5-8,28H,4,9-11H2,1-3H3,(H2,22,24,26)(H,23,25,27);1H. The topological polar surface area (TPSA) is 108 Å². The lowest BCUT2D eigenvalue weighted by atomic mass is 10.0. The molecular formula is C18H26F3IN6O2. The van der Waals surface area contributed by atoms with Crippen LogP contribution in [0.4, 0.5) is 19.1 Å². The number of halogens is 4. The van der Waals surface area contributed by atoms with Crippen LogP contribution in [-0.4, -0.2) is 47.2 Å². The molecule has 8 nitrogen and oxygen atoms in total. The van der Waals surface area contributed by atoms with Crippen LogP contribution in [0.1, 0.15) is 31.1 Å². The molecule has 2 heterocycles. The summed E-state index contributed by atoms with van der Waals surface area (Å²) in [6.07, 6.45) is -3.47. The number of aliphatic hydroxyl groups is 1. The summed E-state index contributed by atoms with van der Waals surface area (Å²) < 4.78 is 43.5. The molecule has 168 valence electrons. The number of alkyl halides is 3. The SMILES string of the molecule is CCNC(=NCC(C)(O)c1ccc(C)o1)NCCNc1nccc(C(F)(F)F)n1.I. The molecule has 0 aromatic carbocycles. The summed E-state index contributed by atoms with van der Waals surface area (Å²) in [5.41, 5.74) is -2.28. The molecule has 0 aliphatic heterocycles. The van der Waals surface area contributed by atoms with Gasteiger partial charge in [-0.3, -0.25) is 0 Å². The van der Waals surface area contributed by atoms with E-state index >= 15 is 0 Å². The number of aliphatic imine (C=N–C) groups is 1. The third-order valence-electron chi connectivity index (χ3n) is 3.81. The summed E-state index contributed by atoms with van der Waals surface area (Å²) in [6, 6.07) is 4.27. The molecule has 0 fully saturated rings. The van der Waals surface area contributed by atoms with Gasteiger partial charge < -0.3 is 25.5 Å². The second kappa shape index (κ2) is 11.3. The van der Waals surface area contributed by atoms with E-state index in [2.05, 4.69) is 30.9 Å². The number of aryl methyl sites for hydroxylation is 1. The van der Waals surface area contributed by atoms with Crippen molar-refractivity contribution >= 4 is 35.9 Å². The van der Waals surface area contributed by atoms with Crippen LogP contribution >= 0.6 is 24.0 Å². The van der Waals surface area contributed by atoms with Crippen LogP contribution in [0.3, 0.4) is 0 Å². The smallest absolute Gasteiger partial charge is 0.433 e. The van der Waals surface area contributed by atoms with Gasteiger partial charge in [-0.2, -0.15) is 13.2 Å². The van der Waals surface area contributed by atoms with E-state index in [-0.39, 0.29) is 43.0 Å². The van der Waals surface area contributed by atoms with Gasteiger partial charge in [0.15, 0.2) is 5.96 Å². The first kappa shape index (κ1) is 25.9. The van der Waals surface area contributed by atoms with E-state index in [1.54, 1.807) is 26.0 Å². The van der Waals surface area contributed by atoms with Crippen molar-refractivity contribution < 1.29 is 22.7 Å². The lowest BCUT2D eigenvalue weighted by Gasteiger charge is -2.19. The van der Waals surface area contributed by atoms with Gasteiger partial charge in [-0.25, -0.2) is 15.0 Å². The van der Waals surface area contributed by atoms with Crippen LogP contribution < -0.4 is 16.0 Å². The number of hydrogen-bond donors (Lipinski definition) is 4. The van der Waals surface area contributed by atoms with E-state index in [0.29, 0.717) is 30.6 Å². The summed E-state index contributed by atoms with van der Waals surface area (Å²) in [6.45, 7) is 6.53. The van der Waals surface area contributed by atoms with Crippen LogP contribution in [0.5, 0.6) is 0 Å². The van der Waals surface area contributed by atoms with Crippen molar-refractivity contribution in [3.05, 3.63) is 41.6 Å². The largest absolute Gasteiger partial charge is 0.463 e. The first-order valence-electron chi connectivity index (χ1n) is 9.07. The number of furan rings is 1. The van der Waals surface area contributed by atoms with Gasteiger partial charge in [0, 0.05) is 25.8 Å². The molecule has 0 spiro atoms. The van der Waals surface area contributed by atoms with Crippen molar-refractivity contribution in [3.63, 3.8) is 0 Å². The number of nitrogens with one attached hydrogen (secondary N) is 3. The van der Waals surface area contributed by atoms with Crippen LogP contribution in [0.2, 0.25) is 0 Å². The van der Waals surface area contributed by atoms with Gasteiger partial charge >= 0.3 is 6.18 Å². The maximum atomic E-state index is 12.7. The molecule has 0 saturated heterocycles. The molecule has 1 atom stereocenters. The molecule has 0 amide bonds. The predicted octanol–water partition coefficient (Wildman–Crippen LogP) is 2.89. The lowest BCUT2D eigenvalue weighted by molar-refractivity contribution is -0.141. The Morgan fingerprint density at radius 3 is 2.53 bits per heavy atom. The van der Waals surface area contributed by atoms with Crippen LogP contribution in [0.15, 0.2) is 33.8 Å². The van der Waals surface area contributed by atoms with Gasteiger partial charge in [0.2, 0.25) is 5.95 Å². The molecule has 30 heavy (non-hydrogen) atoms. The fourth-order valence-corrected chi connectivity index (χ4v) is 2.33. The van der Waals surface area contributed by atoms with Gasteiger partial charge in [-0.05, 0) is 39.0 Å². The van der Waals surface area contributed by atoms with Crippen molar-refractivity contribution in [1.82, 2.24) is 20.6 Å². The maximum absolute atomic E-state index is 12.7. The van der Waals surface area contributed by atoms with Crippen LogP contribution in [-0.2, 0) is 11.8 Å². The molecule has 4 N–H and O–H groups in total. The highest BCUT2D eigenvalue weighted by Crippen LogP contribution is 2.27. The zero-order valence-corrected chi connectivity index (χ0v) is 19.2. The first-order chi connectivity index (χ1) is 13.6. The Balaban J connectivity index is 0.00000450. The molecule has 0 radical (unpaired) electrons. The fraction of sp³-hybridized carbons (Fsp3) is 0.500. The minimum absolute atomic E-state index is 0. The van der Waals surface area contributed by atoms with E-state index in [1.165, 1.54) is 0 Å². The monoisotopic (exact) mass is 542 g/mol. The highest BCUT2D eigenvalue weighted by molar-refractivity contribution is 14.0. The lowest BCUT2D eigenvalue weighted by Crippen LogP contribution is -2.40. The second-order valence-electron chi connectivity index (χ2n) is 6.50. The van der Waals surface area contributed by atoms with Crippen molar-refractivity contribution in [2.45, 2.75) is 32.5 Å². The Morgan fingerprint density at radius 1 is 1.20 bits per heavy atom. The quantitative estimate of drug-likeness (QED) is 0.176. The molecule has 2 rings (SSSR count). The van der Waals surface area contributed by atoms with Gasteiger partial charge in [0.05, 0.1) is 6.54 Å². The van der Waals surface area contributed by atoms with Crippen molar-refractivity contribution in [1.29, 1.82) is 0 Å².